The van der Waals surface area contributed by atoms with Crippen LogP contribution in [0.5, 0.6) is 0 Å². The number of imidazole rings is 1. The molecule has 0 amide bonds. The summed E-state index contributed by atoms with van der Waals surface area (Å²) < 4.78 is 2.15. The van der Waals surface area contributed by atoms with E-state index < -0.39 is 0 Å². The van der Waals surface area contributed by atoms with Crippen molar-refractivity contribution in [2.24, 2.45) is 0 Å². The van der Waals surface area contributed by atoms with E-state index in [2.05, 4.69) is 21.4 Å². The molecule has 0 radical (unpaired) electrons. The van der Waals surface area contributed by atoms with Crippen molar-refractivity contribution >= 4 is 0 Å². The summed E-state index contributed by atoms with van der Waals surface area (Å²) in [5.41, 5.74) is 0. The van der Waals surface area contributed by atoms with Crippen LogP contribution in [0.3, 0.4) is 0 Å². The fraction of sp³-hybridized carbons (Fsp3) is 0.727. The van der Waals surface area contributed by atoms with Gasteiger partial charge in [0.15, 0.2) is 0 Å². The van der Waals surface area contributed by atoms with E-state index in [0.29, 0.717) is 0 Å². The summed E-state index contributed by atoms with van der Waals surface area (Å²) >= 11 is 0. The first kappa shape index (κ1) is 10.6. The van der Waals surface area contributed by atoms with Gasteiger partial charge in [-0.2, -0.15) is 0 Å². The minimum atomic E-state index is -0.149. The van der Waals surface area contributed by atoms with Crippen LogP contribution in [0.2, 0.25) is 0 Å². The predicted octanol–water partition coefficient (Wildman–Crippen LogP) is 0.860. The number of aromatic nitrogens is 2. The van der Waals surface area contributed by atoms with Crippen molar-refractivity contribution in [3.8, 4) is 0 Å². The second-order valence-electron chi connectivity index (χ2n) is 4.16. The summed E-state index contributed by atoms with van der Waals surface area (Å²) in [7, 11) is 0. The monoisotopic (exact) mass is 209 g/mol. The first-order valence-corrected chi connectivity index (χ1v) is 5.70. The summed E-state index contributed by atoms with van der Waals surface area (Å²) in [5, 5.41) is 9.57. The summed E-state index contributed by atoms with van der Waals surface area (Å²) in [6.07, 6.45) is 5.74. The van der Waals surface area contributed by atoms with Crippen LogP contribution in [0, 0.1) is 0 Å². The number of hydrogen-bond acceptors (Lipinski definition) is 3. The largest absolute Gasteiger partial charge is 0.392 e. The van der Waals surface area contributed by atoms with E-state index in [-0.39, 0.29) is 6.10 Å². The number of nitrogens with zero attached hydrogens (tertiary/aromatic N) is 3. The summed E-state index contributed by atoms with van der Waals surface area (Å²) in [6, 6.07) is 0. The highest BCUT2D eigenvalue weighted by Gasteiger charge is 2.18. The van der Waals surface area contributed by atoms with Gasteiger partial charge in [0.05, 0.1) is 12.6 Å². The van der Waals surface area contributed by atoms with Gasteiger partial charge in [0.1, 0.15) is 5.82 Å². The van der Waals surface area contributed by atoms with Crippen molar-refractivity contribution in [1.29, 1.82) is 0 Å². The van der Waals surface area contributed by atoms with E-state index in [1.807, 2.05) is 12.4 Å². The predicted molar refractivity (Wildman–Crippen MR) is 58.4 cm³/mol. The van der Waals surface area contributed by atoms with Gasteiger partial charge >= 0.3 is 0 Å². The fourth-order valence-corrected chi connectivity index (χ4v) is 2.15. The van der Waals surface area contributed by atoms with Crippen molar-refractivity contribution < 1.29 is 5.11 Å². The molecule has 1 fully saturated rings. The molecule has 84 valence electrons. The second kappa shape index (κ2) is 4.77. The van der Waals surface area contributed by atoms with E-state index >= 15 is 0 Å². The van der Waals surface area contributed by atoms with Crippen molar-refractivity contribution in [2.75, 3.05) is 13.1 Å². The molecular formula is C11H19N3O. The van der Waals surface area contributed by atoms with Crippen LogP contribution in [0.1, 0.15) is 25.6 Å². The van der Waals surface area contributed by atoms with Crippen molar-refractivity contribution in [1.82, 2.24) is 14.5 Å². The highest BCUT2D eigenvalue weighted by Crippen LogP contribution is 2.12. The first-order chi connectivity index (χ1) is 7.29. The Labute approximate surface area is 90.5 Å². The van der Waals surface area contributed by atoms with Gasteiger partial charge in [-0.05, 0) is 26.3 Å². The number of aliphatic hydroxyl groups is 1. The Bertz CT molecular complexity index is 311. The zero-order valence-electron chi connectivity index (χ0n) is 9.26. The van der Waals surface area contributed by atoms with Crippen LogP contribution in [0.15, 0.2) is 12.4 Å². The molecule has 0 aliphatic carbocycles. The molecule has 1 aromatic rings. The SMILES string of the molecule is CCn1ccnc1CN1CCC[C@H](O)C1. The zero-order chi connectivity index (χ0) is 10.7. The Morgan fingerprint density at radius 3 is 3.20 bits per heavy atom. The van der Waals surface area contributed by atoms with E-state index in [0.717, 1.165) is 44.8 Å². The lowest BCUT2D eigenvalue weighted by Crippen LogP contribution is -2.38. The molecule has 0 aromatic carbocycles. The molecule has 1 N–H and O–H groups in total. The van der Waals surface area contributed by atoms with E-state index in [1.165, 1.54) is 0 Å². The molecule has 1 saturated heterocycles. The number of piperidine rings is 1. The Kier molecular flexibility index (Phi) is 3.38. The number of hydrogen-bond donors (Lipinski definition) is 1. The third-order valence-electron chi connectivity index (χ3n) is 2.99. The standard InChI is InChI=1S/C11H19N3O/c1-2-14-7-5-12-11(14)9-13-6-3-4-10(15)8-13/h5,7,10,15H,2-4,6,8-9H2,1H3/t10-/m0/s1. The second-order valence-corrected chi connectivity index (χ2v) is 4.16. The molecule has 2 heterocycles. The van der Waals surface area contributed by atoms with Crippen LogP contribution in [0.4, 0.5) is 0 Å². The smallest absolute Gasteiger partial charge is 0.122 e. The lowest BCUT2D eigenvalue weighted by Gasteiger charge is -2.29. The molecule has 0 bridgehead atoms. The average molecular weight is 209 g/mol. The van der Waals surface area contributed by atoms with Gasteiger partial charge in [0, 0.05) is 25.5 Å². The maximum atomic E-state index is 9.57. The summed E-state index contributed by atoms with van der Waals surface area (Å²) in [5.74, 6) is 1.10. The van der Waals surface area contributed by atoms with Crippen molar-refractivity contribution in [3.05, 3.63) is 18.2 Å². The highest BCUT2D eigenvalue weighted by molar-refractivity contribution is 4.92. The maximum absolute atomic E-state index is 9.57. The molecule has 1 aliphatic rings. The molecule has 2 rings (SSSR count). The lowest BCUT2D eigenvalue weighted by molar-refractivity contribution is 0.0649. The number of β-amino-alcohol motifs (C(OH)–C–C–N with tert-alkyl or cyclic N) is 1. The van der Waals surface area contributed by atoms with Crippen LogP contribution in [-0.4, -0.2) is 38.8 Å². The number of aryl methyl sites for hydroxylation is 1. The Morgan fingerprint density at radius 1 is 1.60 bits per heavy atom. The lowest BCUT2D eigenvalue weighted by atomic mass is 10.1. The van der Waals surface area contributed by atoms with Gasteiger partial charge in [-0.3, -0.25) is 4.90 Å². The van der Waals surface area contributed by atoms with E-state index in [9.17, 15) is 5.11 Å². The number of aliphatic hydroxyl groups excluding tert-OH is 1. The fourth-order valence-electron chi connectivity index (χ4n) is 2.15. The molecule has 0 unspecified atom stereocenters. The van der Waals surface area contributed by atoms with Gasteiger partial charge in [0.2, 0.25) is 0 Å². The average Bonchev–Trinajstić information content (AvgIpc) is 2.65. The summed E-state index contributed by atoms with van der Waals surface area (Å²) in [6.45, 7) is 5.81. The van der Waals surface area contributed by atoms with Gasteiger partial charge in [-0.1, -0.05) is 0 Å². The molecule has 4 nitrogen and oxygen atoms in total. The van der Waals surface area contributed by atoms with Gasteiger partial charge in [-0.25, -0.2) is 4.98 Å². The minimum Gasteiger partial charge on any atom is -0.392 e. The van der Waals surface area contributed by atoms with Crippen LogP contribution in [0.25, 0.3) is 0 Å². The van der Waals surface area contributed by atoms with Gasteiger partial charge in [0.25, 0.3) is 0 Å². The quantitative estimate of drug-likeness (QED) is 0.802. The molecule has 4 heteroatoms. The number of likely N-dealkylation sites (tertiary alicyclic amines) is 1. The zero-order valence-corrected chi connectivity index (χ0v) is 9.26. The van der Waals surface area contributed by atoms with E-state index in [1.54, 1.807) is 0 Å². The van der Waals surface area contributed by atoms with Crippen LogP contribution in [-0.2, 0) is 13.1 Å². The third kappa shape index (κ3) is 2.58. The van der Waals surface area contributed by atoms with Crippen molar-refractivity contribution in [3.63, 3.8) is 0 Å². The molecular weight excluding hydrogens is 190 g/mol. The van der Waals surface area contributed by atoms with Gasteiger partial charge < -0.3 is 9.67 Å². The molecule has 1 atom stereocenters. The van der Waals surface area contributed by atoms with Crippen LogP contribution >= 0.6 is 0 Å². The molecule has 0 saturated carbocycles. The van der Waals surface area contributed by atoms with Crippen LogP contribution < -0.4 is 0 Å². The summed E-state index contributed by atoms with van der Waals surface area (Å²) in [4.78, 5) is 6.63. The molecule has 0 spiro atoms. The molecule has 1 aromatic heterocycles. The Hall–Kier alpha value is -0.870. The van der Waals surface area contributed by atoms with Crippen molar-refractivity contribution in [2.45, 2.75) is 39.0 Å². The van der Waals surface area contributed by atoms with E-state index in [4.69, 9.17) is 0 Å². The van der Waals surface area contributed by atoms with Gasteiger partial charge in [-0.15, -0.1) is 0 Å². The Morgan fingerprint density at radius 2 is 2.47 bits per heavy atom. The first-order valence-electron chi connectivity index (χ1n) is 5.70. The third-order valence-corrected chi connectivity index (χ3v) is 2.99. The Balaban J connectivity index is 1.96. The maximum Gasteiger partial charge on any atom is 0.122 e. The highest BCUT2D eigenvalue weighted by atomic mass is 16.3. The number of rotatable bonds is 3. The molecule has 1 aliphatic heterocycles. The topological polar surface area (TPSA) is 41.3 Å². The minimum absolute atomic E-state index is 0.149. The molecule has 15 heavy (non-hydrogen) atoms. The normalized spacial score (nSPS) is 23.2.